The maximum atomic E-state index is 9.49. The van der Waals surface area contributed by atoms with Crippen molar-refractivity contribution in [3.63, 3.8) is 0 Å². The molecule has 0 saturated carbocycles. The van der Waals surface area contributed by atoms with Crippen molar-refractivity contribution in [2.24, 2.45) is 0 Å². The third kappa shape index (κ3) is 6.99. The number of nitrogens with one attached hydrogen (secondary N) is 1. The second kappa shape index (κ2) is 14.1. The third-order valence-corrected chi connectivity index (χ3v) is 7.85. The molecule has 5 nitrogen and oxygen atoms in total. The van der Waals surface area contributed by atoms with Gasteiger partial charge in [-0.05, 0) is 35.2 Å². The average molecular weight is 559 g/mol. The number of nitrogens with zero attached hydrogens (tertiary/aromatic N) is 3. The van der Waals surface area contributed by atoms with Gasteiger partial charge in [-0.3, -0.25) is 0 Å². The van der Waals surface area contributed by atoms with Gasteiger partial charge in [-0.1, -0.05) is 110 Å². The van der Waals surface area contributed by atoms with Gasteiger partial charge in [-0.2, -0.15) is 0 Å². The van der Waals surface area contributed by atoms with Crippen molar-refractivity contribution < 1.29 is 5.11 Å². The van der Waals surface area contributed by atoms with Crippen molar-refractivity contribution in [2.75, 3.05) is 19.0 Å². The predicted molar refractivity (Wildman–Crippen MR) is 174 cm³/mol. The minimum atomic E-state index is 0.0579. The van der Waals surface area contributed by atoms with Crippen molar-refractivity contribution in [2.45, 2.75) is 51.9 Å². The molecule has 0 amide bonds. The summed E-state index contributed by atoms with van der Waals surface area (Å²) < 4.78 is 2.46. The van der Waals surface area contributed by atoms with Crippen LogP contribution in [0.15, 0.2) is 109 Å². The third-order valence-electron chi connectivity index (χ3n) is 7.85. The summed E-state index contributed by atoms with van der Waals surface area (Å²) in [6, 6.07) is 38.3. The fourth-order valence-corrected chi connectivity index (χ4v) is 5.39. The molecule has 0 aliphatic heterocycles. The van der Waals surface area contributed by atoms with Gasteiger partial charge in [0.1, 0.15) is 5.82 Å². The standard InChI is InChI=1S/C37H42N4O/c1-4-5-24-41-35(36(31-12-8-6-9-13-31)39-37(41)32-14-10-7-11-15-32)25-34(30-20-22-33(23-21-30)40(2)3)38-26-28-16-18-29(27-42)19-17-28/h6-23,34,38,42H,4-5,24-27H2,1-3H3. The molecule has 0 aliphatic carbocycles. The van der Waals surface area contributed by atoms with Crippen LogP contribution in [-0.4, -0.2) is 28.8 Å². The monoisotopic (exact) mass is 558 g/mol. The number of hydrogen-bond acceptors (Lipinski definition) is 4. The van der Waals surface area contributed by atoms with Crippen LogP contribution in [0.2, 0.25) is 0 Å². The summed E-state index contributed by atoms with van der Waals surface area (Å²) in [6.07, 6.45) is 3.00. The Balaban J connectivity index is 1.58. The lowest BCUT2D eigenvalue weighted by Crippen LogP contribution is -2.24. The van der Waals surface area contributed by atoms with Crippen LogP contribution in [0, 0.1) is 0 Å². The Morgan fingerprint density at radius 2 is 1.40 bits per heavy atom. The van der Waals surface area contributed by atoms with Crippen molar-refractivity contribution >= 4 is 5.69 Å². The molecule has 5 aromatic rings. The van der Waals surface area contributed by atoms with E-state index >= 15 is 0 Å². The second-order valence-electron chi connectivity index (χ2n) is 11.1. The molecule has 5 heteroatoms. The normalized spacial score (nSPS) is 11.9. The molecule has 0 bridgehead atoms. The van der Waals surface area contributed by atoms with Gasteiger partial charge in [0.2, 0.25) is 0 Å². The number of rotatable bonds is 13. The average Bonchev–Trinajstić information content (AvgIpc) is 3.40. The molecule has 5 rings (SSSR count). The van der Waals surface area contributed by atoms with Gasteiger partial charge < -0.3 is 19.9 Å². The van der Waals surface area contributed by atoms with Crippen LogP contribution in [0.3, 0.4) is 0 Å². The maximum absolute atomic E-state index is 9.49. The molecule has 0 fully saturated rings. The Labute approximate surface area is 250 Å². The molecule has 216 valence electrons. The van der Waals surface area contributed by atoms with Gasteiger partial charge in [-0.25, -0.2) is 4.98 Å². The second-order valence-corrected chi connectivity index (χ2v) is 11.1. The van der Waals surface area contributed by atoms with E-state index in [1.807, 2.05) is 12.1 Å². The van der Waals surface area contributed by atoms with E-state index in [0.29, 0.717) is 0 Å². The highest BCUT2D eigenvalue weighted by Gasteiger charge is 2.23. The van der Waals surface area contributed by atoms with Gasteiger partial charge >= 0.3 is 0 Å². The highest BCUT2D eigenvalue weighted by molar-refractivity contribution is 5.68. The van der Waals surface area contributed by atoms with Crippen molar-refractivity contribution in [3.05, 3.63) is 132 Å². The maximum Gasteiger partial charge on any atom is 0.140 e. The molecule has 0 radical (unpaired) electrons. The summed E-state index contributed by atoms with van der Waals surface area (Å²) >= 11 is 0. The van der Waals surface area contributed by atoms with E-state index in [2.05, 4.69) is 133 Å². The highest BCUT2D eigenvalue weighted by atomic mass is 16.3. The summed E-state index contributed by atoms with van der Waals surface area (Å²) in [5, 5.41) is 13.4. The van der Waals surface area contributed by atoms with Crippen molar-refractivity contribution in [1.82, 2.24) is 14.9 Å². The van der Waals surface area contributed by atoms with E-state index in [-0.39, 0.29) is 12.6 Å². The predicted octanol–water partition coefficient (Wildman–Crippen LogP) is 7.65. The first kappa shape index (κ1) is 29.3. The first-order valence-electron chi connectivity index (χ1n) is 15.0. The molecular weight excluding hydrogens is 516 g/mol. The van der Waals surface area contributed by atoms with Crippen LogP contribution >= 0.6 is 0 Å². The quantitative estimate of drug-likeness (QED) is 0.156. The number of hydrogen-bond donors (Lipinski definition) is 2. The van der Waals surface area contributed by atoms with E-state index in [4.69, 9.17) is 4.98 Å². The smallest absolute Gasteiger partial charge is 0.140 e. The number of aliphatic hydroxyl groups excluding tert-OH is 1. The lowest BCUT2D eigenvalue weighted by Gasteiger charge is -2.23. The molecule has 1 atom stereocenters. The zero-order valence-electron chi connectivity index (χ0n) is 25.0. The first-order valence-corrected chi connectivity index (χ1v) is 15.0. The van der Waals surface area contributed by atoms with Crippen LogP contribution in [-0.2, 0) is 26.1 Å². The Hall–Kier alpha value is -4.19. The summed E-state index contributed by atoms with van der Waals surface area (Å²) in [7, 11) is 4.15. The van der Waals surface area contributed by atoms with Crippen LogP contribution in [0.1, 0.15) is 48.2 Å². The zero-order chi connectivity index (χ0) is 29.3. The Kier molecular flexibility index (Phi) is 9.86. The topological polar surface area (TPSA) is 53.3 Å². The minimum absolute atomic E-state index is 0.0579. The largest absolute Gasteiger partial charge is 0.392 e. The van der Waals surface area contributed by atoms with E-state index < -0.39 is 0 Å². The molecule has 4 aromatic carbocycles. The first-order chi connectivity index (χ1) is 20.6. The van der Waals surface area contributed by atoms with Crippen LogP contribution in [0.5, 0.6) is 0 Å². The Bertz CT molecular complexity index is 1530. The van der Waals surface area contributed by atoms with Crippen molar-refractivity contribution in [3.8, 4) is 22.6 Å². The fourth-order valence-electron chi connectivity index (χ4n) is 5.39. The number of aliphatic hydroxyl groups is 1. The molecule has 0 saturated heterocycles. The fraction of sp³-hybridized carbons (Fsp3) is 0.270. The zero-order valence-corrected chi connectivity index (χ0v) is 25.0. The summed E-state index contributed by atoms with van der Waals surface area (Å²) in [4.78, 5) is 7.46. The van der Waals surface area contributed by atoms with Gasteiger partial charge in [0.15, 0.2) is 0 Å². The minimum Gasteiger partial charge on any atom is -0.392 e. The summed E-state index contributed by atoms with van der Waals surface area (Å²) in [6.45, 7) is 3.95. The Morgan fingerprint density at radius 1 is 0.786 bits per heavy atom. The van der Waals surface area contributed by atoms with E-state index in [9.17, 15) is 5.11 Å². The SMILES string of the molecule is CCCCn1c(-c2ccccc2)nc(-c2ccccc2)c1CC(NCc1ccc(CO)cc1)c1ccc(N(C)C)cc1. The molecule has 1 unspecified atom stereocenters. The lowest BCUT2D eigenvalue weighted by molar-refractivity contribution is 0.282. The number of aromatic nitrogens is 2. The van der Waals surface area contributed by atoms with Crippen molar-refractivity contribution in [1.29, 1.82) is 0 Å². The van der Waals surface area contributed by atoms with Gasteiger partial charge in [-0.15, -0.1) is 0 Å². The van der Waals surface area contributed by atoms with E-state index in [1.54, 1.807) is 0 Å². The molecule has 0 aliphatic rings. The van der Waals surface area contributed by atoms with E-state index in [0.717, 1.165) is 60.6 Å². The number of anilines is 1. The molecule has 42 heavy (non-hydrogen) atoms. The van der Waals surface area contributed by atoms with Gasteiger partial charge in [0, 0.05) is 62.2 Å². The van der Waals surface area contributed by atoms with Gasteiger partial charge in [0.25, 0.3) is 0 Å². The number of unbranched alkanes of at least 4 members (excludes halogenated alkanes) is 1. The van der Waals surface area contributed by atoms with E-state index in [1.165, 1.54) is 22.5 Å². The molecule has 2 N–H and O–H groups in total. The molecule has 1 heterocycles. The highest BCUT2D eigenvalue weighted by Crippen LogP contribution is 2.33. The van der Waals surface area contributed by atoms with Crippen LogP contribution < -0.4 is 10.2 Å². The summed E-state index contributed by atoms with van der Waals surface area (Å²) in [5.74, 6) is 1.03. The van der Waals surface area contributed by atoms with Crippen LogP contribution in [0.4, 0.5) is 5.69 Å². The molecule has 1 aromatic heterocycles. The Morgan fingerprint density at radius 3 is 2.00 bits per heavy atom. The van der Waals surface area contributed by atoms with Gasteiger partial charge in [0.05, 0.1) is 12.3 Å². The molecule has 0 spiro atoms. The lowest BCUT2D eigenvalue weighted by atomic mass is 9.98. The number of benzene rings is 4. The summed E-state index contributed by atoms with van der Waals surface area (Å²) in [5.41, 5.74) is 9.12. The number of imidazole rings is 1. The van der Waals surface area contributed by atoms with Crippen LogP contribution in [0.25, 0.3) is 22.6 Å². The molecular formula is C37H42N4O.